The van der Waals surface area contributed by atoms with Crippen molar-refractivity contribution in [3.63, 3.8) is 0 Å². The number of rotatable bonds is 5. The standard InChI is InChI=1S/C18H19F3N4O2/c19-15-3-1-13(2-4-15)11-27-17(26)25-8-5-14(18(20,21)12-25)9-24-16-10-22-6-7-23-16/h1-4,6-7,10,14H,5,8-9,11-12H2,(H,23,24)/t14-/m1/s1. The van der Waals surface area contributed by atoms with Gasteiger partial charge in [0, 0.05) is 31.4 Å². The number of anilines is 1. The lowest BCUT2D eigenvalue weighted by molar-refractivity contribution is -0.101. The summed E-state index contributed by atoms with van der Waals surface area (Å²) in [6.07, 6.45) is 3.75. The molecule has 3 rings (SSSR count). The third-order valence-corrected chi connectivity index (χ3v) is 4.37. The Kier molecular flexibility index (Phi) is 5.78. The lowest BCUT2D eigenvalue weighted by Crippen LogP contribution is -2.52. The van der Waals surface area contributed by atoms with Crippen molar-refractivity contribution in [1.29, 1.82) is 0 Å². The van der Waals surface area contributed by atoms with Crippen molar-refractivity contribution < 1.29 is 22.7 Å². The second-order valence-electron chi connectivity index (χ2n) is 6.32. The minimum absolute atomic E-state index is 0.0319. The van der Waals surface area contributed by atoms with Crippen molar-refractivity contribution in [2.45, 2.75) is 19.0 Å². The smallest absolute Gasteiger partial charge is 0.410 e. The van der Waals surface area contributed by atoms with Gasteiger partial charge in [0.25, 0.3) is 5.92 Å². The maximum Gasteiger partial charge on any atom is 0.410 e. The highest BCUT2D eigenvalue weighted by Crippen LogP contribution is 2.33. The van der Waals surface area contributed by atoms with Crippen LogP contribution in [0.2, 0.25) is 0 Å². The van der Waals surface area contributed by atoms with Gasteiger partial charge in [-0.15, -0.1) is 0 Å². The van der Waals surface area contributed by atoms with Crippen LogP contribution in [-0.4, -0.2) is 46.5 Å². The van der Waals surface area contributed by atoms with Crippen molar-refractivity contribution in [2.24, 2.45) is 5.92 Å². The first-order valence-corrected chi connectivity index (χ1v) is 8.48. The van der Waals surface area contributed by atoms with Crippen LogP contribution in [0.1, 0.15) is 12.0 Å². The van der Waals surface area contributed by atoms with E-state index < -0.39 is 30.3 Å². The van der Waals surface area contributed by atoms with E-state index in [-0.39, 0.29) is 26.1 Å². The molecule has 0 spiro atoms. The normalized spacial score (nSPS) is 18.8. The van der Waals surface area contributed by atoms with E-state index in [1.165, 1.54) is 42.9 Å². The minimum Gasteiger partial charge on any atom is -0.445 e. The Balaban J connectivity index is 1.49. The first-order valence-electron chi connectivity index (χ1n) is 8.48. The number of halogens is 3. The SMILES string of the molecule is O=C(OCc1ccc(F)cc1)N1CC[C@H](CNc2cnccn2)C(F)(F)C1. The van der Waals surface area contributed by atoms with Crippen LogP contribution >= 0.6 is 0 Å². The summed E-state index contributed by atoms with van der Waals surface area (Å²) >= 11 is 0. The summed E-state index contributed by atoms with van der Waals surface area (Å²) in [5, 5.41) is 2.85. The number of ether oxygens (including phenoxy) is 1. The minimum atomic E-state index is -3.05. The molecule has 1 aliphatic rings. The zero-order valence-electron chi connectivity index (χ0n) is 14.4. The number of aromatic nitrogens is 2. The first-order chi connectivity index (χ1) is 12.9. The van der Waals surface area contributed by atoms with Gasteiger partial charge in [-0.3, -0.25) is 4.98 Å². The Labute approximate surface area is 154 Å². The molecule has 2 aromatic rings. The number of alkyl halides is 2. The molecule has 0 bridgehead atoms. The summed E-state index contributed by atoms with van der Waals surface area (Å²) in [5.41, 5.74) is 0.583. The van der Waals surface area contributed by atoms with Crippen LogP contribution in [0.5, 0.6) is 0 Å². The molecule has 0 aliphatic carbocycles. The molecule has 6 nitrogen and oxygen atoms in total. The van der Waals surface area contributed by atoms with E-state index >= 15 is 0 Å². The monoisotopic (exact) mass is 380 g/mol. The molecular weight excluding hydrogens is 361 g/mol. The van der Waals surface area contributed by atoms with E-state index in [1.54, 1.807) is 0 Å². The van der Waals surface area contributed by atoms with Gasteiger partial charge in [-0.2, -0.15) is 0 Å². The molecule has 0 unspecified atom stereocenters. The van der Waals surface area contributed by atoms with E-state index in [2.05, 4.69) is 15.3 Å². The third kappa shape index (κ3) is 5.08. The number of nitrogens with zero attached hydrogens (tertiary/aromatic N) is 3. The molecule has 9 heteroatoms. The van der Waals surface area contributed by atoms with Gasteiger partial charge in [0.05, 0.1) is 12.7 Å². The summed E-state index contributed by atoms with van der Waals surface area (Å²) in [6.45, 7) is -0.601. The lowest BCUT2D eigenvalue weighted by atomic mass is 9.93. The molecule has 1 N–H and O–H groups in total. The number of likely N-dealkylation sites (tertiary alicyclic amines) is 1. The van der Waals surface area contributed by atoms with Crippen LogP contribution in [0.15, 0.2) is 42.9 Å². The molecule has 1 saturated heterocycles. The molecule has 0 saturated carbocycles. The number of amides is 1. The number of carbonyl (C=O) groups is 1. The Bertz CT molecular complexity index is 759. The van der Waals surface area contributed by atoms with Crippen LogP contribution in [0.4, 0.5) is 23.8 Å². The molecular formula is C18H19F3N4O2. The van der Waals surface area contributed by atoms with Gasteiger partial charge in [0.15, 0.2) is 0 Å². The Morgan fingerprint density at radius 1 is 1.30 bits per heavy atom. The van der Waals surface area contributed by atoms with Crippen LogP contribution in [0, 0.1) is 11.7 Å². The summed E-state index contributed by atoms with van der Waals surface area (Å²) in [4.78, 5) is 20.9. The highest BCUT2D eigenvalue weighted by atomic mass is 19.3. The summed E-state index contributed by atoms with van der Waals surface area (Å²) in [7, 11) is 0. The van der Waals surface area contributed by atoms with Gasteiger partial charge in [-0.25, -0.2) is 22.9 Å². The fourth-order valence-electron chi connectivity index (χ4n) is 2.83. The molecule has 1 atom stereocenters. The van der Waals surface area contributed by atoms with Crippen molar-refractivity contribution in [2.75, 3.05) is 25.0 Å². The average Bonchev–Trinajstić information content (AvgIpc) is 2.66. The van der Waals surface area contributed by atoms with Crippen molar-refractivity contribution in [3.8, 4) is 0 Å². The van der Waals surface area contributed by atoms with Crippen molar-refractivity contribution >= 4 is 11.9 Å². The maximum atomic E-state index is 14.4. The number of carbonyl (C=O) groups excluding carboxylic acids is 1. The number of piperidine rings is 1. The van der Waals surface area contributed by atoms with Crippen molar-refractivity contribution in [3.05, 3.63) is 54.2 Å². The highest BCUT2D eigenvalue weighted by Gasteiger charge is 2.46. The predicted molar refractivity (Wildman–Crippen MR) is 91.7 cm³/mol. The molecule has 1 fully saturated rings. The largest absolute Gasteiger partial charge is 0.445 e. The number of hydrogen-bond donors (Lipinski definition) is 1. The van der Waals surface area contributed by atoms with Gasteiger partial charge in [-0.1, -0.05) is 12.1 Å². The number of nitrogens with one attached hydrogen (secondary N) is 1. The Morgan fingerprint density at radius 2 is 2.07 bits per heavy atom. The van der Waals surface area contributed by atoms with E-state index in [9.17, 15) is 18.0 Å². The average molecular weight is 380 g/mol. The predicted octanol–water partition coefficient (Wildman–Crippen LogP) is 3.32. The maximum absolute atomic E-state index is 14.4. The number of hydrogen-bond acceptors (Lipinski definition) is 5. The van der Waals surface area contributed by atoms with E-state index in [1.807, 2.05) is 0 Å². The zero-order valence-corrected chi connectivity index (χ0v) is 14.4. The van der Waals surface area contributed by atoms with Crippen LogP contribution in [-0.2, 0) is 11.3 Å². The molecule has 1 aliphatic heterocycles. The first kappa shape index (κ1) is 18.9. The fourth-order valence-corrected chi connectivity index (χ4v) is 2.83. The van der Waals surface area contributed by atoms with Gasteiger partial charge in [0.2, 0.25) is 0 Å². The molecule has 27 heavy (non-hydrogen) atoms. The van der Waals surface area contributed by atoms with E-state index in [0.29, 0.717) is 11.4 Å². The second-order valence-corrected chi connectivity index (χ2v) is 6.32. The van der Waals surface area contributed by atoms with Gasteiger partial charge in [-0.05, 0) is 24.1 Å². The Hall–Kier alpha value is -2.84. The summed E-state index contributed by atoms with van der Waals surface area (Å²) in [5.74, 6) is -3.96. The zero-order chi connectivity index (χ0) is 19.3. The van der Waals surface area contributed by atoms with Gasteiger partial charge < -0.3 is 15.0 Å². The van der Waals surface area contributed by atoms with E-state index in [4.69, 9.17) is 4.74 Å². The Morgan fingerprint density at radius 3 is 2.74 bits per heavy atom. The lowest BCUT2D eigenvalue weighted by Gasteiger charge is -2.37. The molecule has 1 aromatic heterocycles. The summed E-state index contributed by atoms with van der Waals surface area (Å²) in [6, 6.07) is 5.43. The molecule has 0 radical (unpaired) electrons. The molecule has 2 heterocycles. The molecule has 1 amide bonds. The molecule has 144 valence electrons. The topological polar surface area (TPSA) is 67.3 Å². The summed E-state index contributed by atoms with van der Waals surface area (Å²) < 4.78 is 46.8. The molecule has 1 aromatic carbocycles. The van der Waals surface area contributed by atoms with Gasteiger partial charge >= 0.3 is 6.09 Å². The van der Waals surface area contributed by atoms with E-state index in [0.717, 1.165) is 4.90 Å². The highest BCUT2D eigenvalue weighted by molar-refractivity contribution is 5.68. The van der Waals surface area contributed by atoms with Gasteiger partial charge in [0.1, 0.15) is 18.2 Å². The van der Waals surface area contributed by atoms with Crippen LogP contribution in [0.25, 0.3) is 0 Å². The number of benzene rings is 1. The van der Waals surface area contributed by atoms with Crippen LogP contribution < -0.4 is 5.32 Å². The fraction of sp³-hybridized carbons (Fsp3) is 0.389. The van der Waals surface area contributed by atoms with Crippen molar-refractivity contribution in [1.82, 2.24) is 14.9 Å². The quantitative estimate of drug-likeness (QED) is 0.862. The second kappa shape index (κ2) is 8.24. The third-order valence-electron chi connectivity index (χ3n) is 4.37. The van der Waals surface area contributed by atoms with Crippen LogP contribution in [0.3, 0.4) is 0 Å².